The van der Waals surface area contributed by atoms with Gasteiger partial charge in [0.1, 0.15) is 11.2 Å². The van der Waals surface area contributed by atoms with Gasteiger partial charge in [0, 0.05) is 27.3 Å². The zero-order chi connectivity index (χ0) is 38.9. The number of fused-ring (bicyclic) bond motifs is 10. The summed E-state index contributed by atoms with van der Waals surface area (Å²) in [6, 6.07) is 70.5. The predicted molar refractivity (Wildman–Crippen MR) is 244 cm³/mol. The molecule has 0 saturated heterocycles. The summed E-state index contributed by atoms with van der Waals surface area (Å²) in [5.41, 5.74) is 8.93. The minimum atomic E-state index is 0.559. The molecule has 0 fully saturated rings. The fourth-order valence-corrected chi connectivity index (χ4v) is 8.84. The standard InChI is InChI=1S/C55H33N3O/c1-3-13-34(14-4-1)37-18-11-19-38(31-37)49-33-50-47-23-12-24-48(51(47)59-52(50)46-22-10-9-21-43(46)49)55-57-53(36-16-5-2-6-17-36)56-54(58-55)40-27-28-42-39(32-40)26-30-44-41-20-8-7-15-35(41)25-29-45(42)44/h1-33H. The van der Waals surface area contributed by atoms with Crippen molar-refractivity contribution in [1.29, 1.82) is 0 Å². The number of aromatic nitrogens is 3. The number of nitrogens with zero attached hydrogens (tertiary/aromatic N) is 3. The lowest BCUT2D eigenvalue weighted by atomic mass is 9.93. The second-order valence-electron chi connectivity index (χ2n) is 15.1. The molecule has 0 atom stereocenters. The van der Waals surface area contributed by atoms with Gasteiger partial charge < -0.3 is 4.42 Å². The molecule has 4 heteroatoms. The molecule has 0 aliphatic rings. The molecule has 12 rings (SSSR count). The molecule has 0 saturated carbocycles. The van der Waals surface area contributed by atoms with Crippen LogP contribution in [0.4, 0.5) is 0 Å². The van der Waals surface area contributed by atoms with E-state index in [1.165, 1.54) is 38.1 Å². The highest BCUT2D eigenvalue weighted by atomic mass is 16.3. The molecule has 0 radical (unpaired) electrons. The van der Waals surface area contributed by atoms with Crippen molar-refractivity contribution in [2.75, 3.05) is 0 Å². The lowest BCUT2D eigenvalue weighted by Gasteiger charge is -2.11. The van der Waals surface area contributed by atoms with Gasteiger partial charge in [-0.3, -0.25) is 0 Å². The molecule has 2 heterocycles. The first-order valence-corrected chi connectivity index (χ1v) is 19.9. The minimum Gasteiger partial charge on any atom is -0.455 e. The Morgan fingerprint density at radius 2 is 0.814 bits per heavy atom. The number of rotatable bonds is 5. The van der Waals surface area contributed by atoms with Gasteiger partial charge in [0.15, 0.2) is 17.5 Å². The van der Waals surface area contributed by atoms with Gasteiger partial charge in [-0.2, -0.15) is 0 Å². The molecule has 0 amide bonds. The molecule has 274 valence electrons. The highest BCUT2D eigenvalue weighted by Gasteiger charge is 2.21. The van der Waals surface area contributed by atoms with Crippen molar-refractivity contribution in [3.63, 3.8) is 0 Å². The van der Waals surface area contributed by atoms with Gasteiger partial charge in [-0.25, -0.2) is 15.0 Å². The zero-order valence-electron chi connectivity index (χ0n) is 31.8. The van der Waals surface area contributed by atoms with Crippen LogP contribution in [-0.2, 0) is 0 Å². The monoisotopic (exact) mass is 751 g/mol. The van der Waals surface area contributed by atoms with Crippen molar-refractivity contribution in [1.82, 2.24) is 15.0 Å². The largest absolute Gasteiger partial charge is 0.455 e. The number of para-hydroxylation sites is 1. The van der Waals surface area contributed by atoms with E-state index in [1.54, 1.807) is 0 Å². The number of hydrogen-bond donors (Lipinski definition) is 0. The molecular weight excluding hydrogens is 719 g/mol. The van der Waals surface area contributed by atoms with Crippen LogP contribution in [0.25, 0.3) is 121 Å². The quantitative estimate of drug-likeness (QED) is 0.164. The molecule has 10 aromatic carbocycles. The van der Waals surface area contributed by atoms with E-state index in [1.807, 2.05) is 30.3 Å². The van der Waals surface area contributed by atoms with Gasteiger partial charge in [-0.1, -0.05) is 176 Å². The van der Waals surface area contributed by atoms with Gasteiger partial charge in [-0.15, -0.1) is 0 Å². The Morgan fingerprint density at radius 1 is 0.254 bits per heavy atom. The maximum atomic E-state index is 6.96. The number of benzene rings is 10. The fraction of sp³-hybridized carbons (Fsp3) is 0. The van der Waals surface area contributed by atoms with Crippen LogP contribution < -0.4 is 0 Å². The van der Waals surface area contributed by atoms with Gasteiger partial charge in [0.2, 0.25) is 0 Å². The summed E-state index contributed by atoms with van der Waals surface area (Å²) in [5, 5.41) is 11.6. The first-order valence-electron chi connectivity index (χ1n) is 19.9. The van der Waals surface area contributed by atoms with Crippen LogP contribution in [-0.4, -0.2) is 15.0 Å². The van der Waals surface area contributed by atoms with Crippen LogP contribution in [0.2, 0.25) is 0 Å². The topological polar surface area (TPSA) is 51.8 Å². The molecule has 4 nitrogen and oxygen atoms in total. The van der Waals surface area contributed by atoms with Crippen LogP contribution in [0.5, 0.6) is 0 Å². The van der Waals surface area contributed by atoms with E-state index in [0.29, 0.717) is 17.5 Å². The van der Waals surface area contributed by atoms with Crippen molar-refractivity contribution in [2.24, 2.45) is 0 Å². The minimum absolute atomic E-state index is 0.559. The lowest BCUT2D eigenvalue weighted by Crippen LogP contribution is -2.00. The first-order chi connectivity index (χ1) is 29.2. The summed E-state index contributed by atoms with van der Waals surface area (Å²) in [5.74, 6) is 1.77. The Balaban J connectivity index is 1.04. The summed E-state index contributed by atoms with van der Waals surface area (Å²) >= 11 is 0. The van der Waals surface area contributed by atoms with Gasteiger partial charge in [-0.05, 0) is 84.2 Å². The van der Waals surface area contributed by atoms with E-state index in [2.05, 4.69) is 170 Å². The van der Waals surface area contributed by atoms with Gasteiger partial charge in [0.25, 0.3) is 0 Å². The molecule has 2 aromatic heterocycles. The maximum Gasteiger partial charge on any atom is 0.167 e. The third-order valence-electron chi connectivity index (χ3n) is 11.7. The molecule has 12 aromatic rings. The summed E-state index contributed by atoms with van der Waals surface area (Å²) in [6.45, 7) is 0. The summed E-state index contributed by atoms with van der Waals surface area (Å²) in [7, 11) is 0. The SMILES string of the molecule is c1ccc(-c2cccc(-c3cc4c5cccc(-c6nc(-c7ccccc7)nc(-c7ccc8c(ccc9c%10ccccc%10ccc89)c7)n6)c5oc4c4ccccc34)c2)cc1. The first kappa shape index (κ1) is 33.2. The van der Waals surface area contributed by atoms with Crippen molar-refractivity contribution in [3.8, 4) is 56.4 Å². The number of hydrogen-bond acceptors (Lipinski definition) is 4. The third kappa shape index (κ3) is 5.49. The Kier molecular flexibility index (Phi) is 7.50. The normalized spacial score (nSPS) is 11.7. The van der Waals surface area contributed by atoms with Crippen LogP contribution in [0.15, 0.2) is 205 Å². The Morgan fingerprint density at radius 3 is 1.63 bits per heavy atom. The Hall–Kier alpha value is -7.95. The summed E-state index contributed by atoms with van der Waals surface area (Å²) < 4.78 is 6.96. The van der Waals surface area contributed by atoms with Crippen LogP contribution in [0.3, 0.4) is 0 Å². The summed E-state index contributed by atoms with van der Waals surface area (Å²) in [6.07, 6.45) is 0. The third-order valence-corrected chi connectivity index (χ3v) is 11.7. The van der Waals surface area contributed by atoms with Crippen molar-refractivity contribution in [2.45, 2.75) is 0 Å². The molecule has 59 heavy (non-hydrogen) atoms. The highest BCUT2D eigenvalue weighted by Crippen LogP contribution is 2.43. The Labute approximate surface area is 339 Å². The van der Waals surface area contributed by atoms with Gasteiger partial charge >= 0.3 is 0 Å². The molecule has 0 bridgehead atoms. The van der Waals surface area contributed by atoms with E-state index in [0.717, 1.165) is 65.9 Å². The average Bonchev–Trinajstić information content (AvgIpc) is 3.70. The molecular formula is C55H33N3O. The molecule has 0 N–H and O–H groups in total. The van der Waals surface area contributed by atoms with E-state index < -0.39 is 0 Å². The van der Waals surface area contributed by atoms with Crippen LogP contribution in [0, 0.1) is 0 Å². The second kappa shape index (κ2) is 13.3. The molecule has 0 aliphatic heterocycles. The average molecular weight is 752 g/mol. The van der Waals surface area contributed by atoms with E-state index in [4.69, 9.17) is 19.4 Å². The van der Waals surface area contributed by atoms with E-state index in [9.17, 15) is 0 Å². The predicted octanol–water partition coefficient (Wildman–Crippen LogP) is 14.7. The van der Waals surface area contributed by atoms with E-state index >= 15 is 0 Å². The van der Waals surface area contributed by atoms with Crippen molar-refractivity contribution in [3.05, 3.63) is 200 Å². The second-order valence-corrected chi connectivity index (χ2v) is 15.1. The van der Waals surface area contributed by atoms with Crippen LogP contribution >= 0.6 is 0 Å². The lowest BCUT2D eigenvalue weighted by molar-refractivity contribution is 0.673. The van der Waals surface area contributed by atoms with E-state index in [-0.39, 0.29) is 0 Å². The molecule has 0 spiro atoms. The van der Waals surface area contributed by atoms with Crippen LogP contribution in [0.1, 0.15) is 0 Å². The molecule has 0 unspecified atom stereocenters. The molecule has 0 aliphatic carbocycles. The Bertz CT molecular complexity index is 3610. The smallest absolute Gasteiger partial charge is 0.167 e. The zero-order valence-corrected chi connectivity index (χ0v) is 31.8. The van der Waals surface area contributed by atoms with Gasteiger partial charge in [0.05, 0.1) is 5.56 Å². The number of furan rings is 1. The van der Waals surface area contributed by atoms with Crippen molar-refractivity contribution < 1.29 is 4.42 Å². The van der Waals surface area contributed by atoms with Crippen molar-refractivity contribution >= 4 is 65.0 Å². The maximum absolute atomic E-state index is 6.96. The highest BCUT2D eigenvalue weighted by molar-refractivity contribution is 6.21. The summed E-state index contributed by atoms with van der Waals surface area (Å²) in [4.78, 5) is 15.4. The fourth-order valence-electron chi connectivity index (χ4n) is 8.84.